The molecule has 1 N–H and O–H groups in total. The third-order valence-corrected chi connectivity index (χ3v) is 0.876. The summed E-state index contributed by atoms with van der Waals surface area (Å²) in [6.07, 6.45) is -1.13. The number of nitrogens with one attached hydrogen (secondary N) is 1. The summed E-state index contributed by atoms with van der Waals surface area (Å²) in [7, 11) is 0. The van der Waals surface area contributed by atoms with Crippen molar-refractivity contribution in [2.24, 2.45) is 0 Å². The molecule has 1 amide bonds. The van der Waals surface area contributed by atoms with E-state index in [-0.39, 0.29) is 6.10 Å². The van der Waals surface area contributed by atoms with Gasteiger partial charge in [0.2, 0.25) is 0 Å². The topological polar surface area (TPSA) is 64.7 Å². The molecule has 0 radical (unpaired) electrons. The first-order valence-corrected chi connectivity index (χ1v) is 2.35. The quantitative estimate of drug-likeness (QED) is 0.438. The number of carbonyl (C=O) groups is 1. The SMILES string of the molecule is O=C([O-])NC[C@H]1CO1. The van der Waals surface area contributed by atoms with E-state index in [2.05, 4.69) is 5.32 Å². The predicted octanol–water partition coefficient (Wildman–Crippen LogP) is -1.68. The second-order valence-electron chi connectivity index (χ2n) is 1.62. The van der Waals surface area contributed by atoms with Crippen LogP contribution in [0.2, 0.25) is 0 Å². The molecule has 4 nitrogen and oxygen atoms in total. The third kappa shape index (κ3) is 1.79. The van der Waals surface area contributed by atoms with E-state index < -0.39 is 6.09 Å². The number of carbonyl (C=O) groups excluding carboxylic acids is 1. The number of hydrogen-bond acceptors (Lipinski definition) is 3. The second kappa shape index (κ2) is 2.00. The highest BCUT2D eigenvalue weighted by Crippen LogP contribution is 2.05. The minimum absolute atomic E-state index is 0.105. The average molecular weight is 116 g/mol. The molecule has 46 valence electrons. The zero-order valence-corrected chi connectivity index (χ0v) is 4.22. The molecular weight excluding hydrogens is 110 g/mol. The molecule has 0 aromatic carbocycles. The van der Waals surface area contributed by atoms with Crippen molar-refractivity contribution in [2.45, 2.75) is 6.10 Å². The monoisotopic (exact) mass is 116 g/mol. The highest BCUT2D eigenvalue weighted by Gasteiger charge is 2.21. The third-order valence-electron chi connectivity index (χ3n) is 0.876. The molecule has 0 bridgehead atoms. The molecule has 1 aliphatic heterocycles. The van der Waals surface area contributed by atoms with Crippen LogP contribution in [0.1, 0.15) is 0 Å². The van der Waals surface area contributed by atoms with Crippen LogP contribution in [0, 0.1) is 0 Å². The molecule has 1 heterocycles. The smallest absolute Gasteiger partial charge is 0.134 e. The summed E-state index contributed by atoms with van der Waals surface area (Å²) < 4.78 is 4.71. The Labute approximate surface area is 46.4 Å². The van der Waals surface area contributed by atoms with Gasteiger partial charge in [0.05, 0.1) is 12.7 Å². The number of amides is 1. The van der Waals surface area contributed by atoms with Crippen LogP contribution in [0.15, 0.2) is 0 Å². The fraction of sp³-hybridized carbons (Fsp3) is 0.750. The summed E-state index contributed by atoms with van der Waals surface area (Å²) in [6.45, 7) is 1.03. The summed E-state index contributed by atoms with van der Waals surface area (Å²) in [5.41, 5.74) is 0. The Hall–Kier alpha value is -0.770. The molecule has 1 fully saturated rings. The van der Waals surface area contributed by atoms with Crippen molar-refractivity contribution in [3.8, 4) is 0 Å². The first-order chi connectivity index (χ1) is 3.79. The van der Waals surface area contributed by atoms with Gasteiger partial charge in [-0.3, -0.25) is 0 Å². The van der Waals surface area contributed by atoms with E-state index in [4.69, 9.17) is 4.74 Å². The van der Waals surface area contributed by atoms with Crippen molar-refractivity contribution < 1.29 is 14.6 Å². The van der Waals surface area contributed by atoms with E-state index in [1.165, 1.54) is 0 Å². The number of carboxylic acid groups (broad SMARTS) is 1. The zero-order chi connectivity index (χ0) is 5.98. The molecule has 1 saturated heterocycles. The number of ether oxygens (including phenoxy) is 1. The van der Waals surface area contributed by atoms with E-state index in [1.807, 2.05) is 0 Å². The Kier molecular flexibility index (Phi) is 1.34. The lowest BCUT2D eigenvalue weighted by Crippen LogP contribution is -2.38. The summed E-state index contributed by atoms with van der Waals surface area (Å²) in [6, 6.07) is 0. The van der Waals surface area contributed by atoms with E-state index in [1.54, 1.807) is 0 Å². The first-order valence-electron chi connectivity index (χ1n) is 2.35. The van der Waals surface area contributed by atoms with Gasteiger partial charge < -0.3 is 20.0 Å². The van der Waals surface area contributed by atoms with Gasteiger partial charge >= 0.3 is 0 Å². The first kappa shape index (κ1) is 5.37. The van der Waals surface area contributed by atoms with Gasteiger partial charge in [0.15, 0.2) is 0 Å². The lowest BCUT2D eigenvalue weighted by molar-refractivity contribution is -0.250. The van der Waals surface area contributed by atoms with Crippen LogP contribution in [0.25, 0.3) is 0 Å². The number of hydrogen-bond donors (Lipinski definition) is 1. The van der Waals surface area contributed by atoms with Crippen molar-refractivity contribution >= 4 is 6.09 Å². The second-order valence-corrected chi connectivity index (χ2v) is 1.62. The average Bonchev–Trinajstić information content (AvgIpc) is 2.41. The van der Waals surface area contributed by atoms with E-state index >= 15 is 0 Å². The summed E-state index contributed by atoms with van der Waals surface area (Å²) in [4.78, 5) is 9.65. The fourth-order valence-electron chi connectivity index (χ4n) is 0.383. The van der Waals surface area contributed by atoms with Gasteiger partial charge in [-0.05, 0) is 0 Å². The maximum Gasteiger partial charge on any atom is 0.134 e. The highest BCUT2D eigenvalue weighted by molar-refractivity contribution is 5.61. The van der Waals surface area contributed by atoms with Gasteiger partial charge in [-0.15, -0.1) is 0 Å². The van der Waals surface area contributed by atoms with Crippen LogP contribution in [-0.2, 0) is 4.74 Å². The molecule has 4 heteroatoms. The molecule has 0 aromatic rings. The Morgan fingerprint density at radius 2 is 2.62 bits per heavy atom. The van der Waals surface area contributed by atoms with Crippen molar-refractivity contribution in [1.29, 1.82) is 0 Å². The van der Waals surface area contributed by atoms with Crippen molar-refractivity contribution in [3.63, 3.8) is 0 Å². The zero-order valence-electron chi connectivity index (χ0n) is 4.22. The van der Waals surface area contributed by atoms with Crippen molar-refractivity contribution in [3.05, 3.63) is 0 Å². The molecule has 1 rings (SSSR count). The standard InChI is InChI=1S/C4H7NO3/c6-4(7)5-1-3-2-8-3/h3,5H,1-2H2,(H,6,7)/p-1/t3-/m0/s1. The minimum Gasteiger partial charge on any atom is -0.530 e. The molecule has 0 aromatic heterocycles. The van der Waals surface area contributed by atoms with Gasteiger partial charge in [0, 0.05) is 6.54 Å². The Morgan fingerprint density at radius 1 is 2.00 bits per heavy atom. The van der Waals surface area contributed by atoms with Crippen molar-refractivity contribution in [2.75, 3.05) is 13.2 Å². The molecule has 0 aliphatic carbocycles. The minimum atomic E-state index is -1.24. The van der Waals surface area contributed by atoms with Crippen LogP contribution in [0.5, 0.6) is 0 Å². The lowest BCUT2D eigenvalue weighted by Gasteiger charge is -2.01. The van der Waals surface area contributed by atoms with Crippen molar-refractivity contribution in [1.82, 2.24) is 5.32 Å². The maximum atomic E-state index is 9.65. The molecule has 8 heavy (non-hydrogen) atoms. The summed E-state index contributed by atoms with van der Waals surface area (Å²) in [5.74, 6) is 0. The lowest BCUT2D eigenvalue weighted by atomic mass is 10.5. The van der Waals surface area contributed by atoms with Gasteiger partial charge in [-0.25, -0.2) is 0 Å². The van der Waals surface area contributed by atoms with Crippen LogP contribution < -0.4 is 10.4 Å². The largest absolute Gasteiger partial charge is 0.530 e. The Balaban J connectivity index is 1.95. The molecule has 0 spiro atoms. The molecule has 1 aliphatic rings. The normalized spacial score (nSPS) is 24.8. The number of rotatable bonds is 2. The van der Waals surface area contributed by atoms with Gasteiger partial charge in [-0.1, -0.05) is 0 Å². The summed E-state index contributed by atoms with van der Waals surface area (Å²) >= 11 is 0. The summed E-state index contributed by atoms with van der Waals surface area (Å²) in [5, 5.41) is 11.7. The predicted molar refractivity (Wildman–Crippen MR) is 23.1 cm³/mol. The van der Waals surface area contributed by atoms with Gasteiger partial charge in [0.25, 0.3) is 0 Å². The van der Waals surface area contributed by atoms with Crippen LogP contribution in [0.3, 0.4) is 0 Å². The molecule has 0 unspecified atom stereocenters. The Bertz CT molecular complexity index is 99.5. The number of epoxide rings is 1. The highest BCUT2D eigenvalue weighted by atomic mass is 16.6. The van der Waals surface area contributed by atoms with E-state index in [0.717, 1.165) is 0 Å². The van der Waals surface area contributed by atoms with Crippen LogP contribution in [0.4, 0.5) is 4.79 Å². The molecule has 0 saturated carbocycles. The van der Waals surface area contributed by atoms with Gasteiger partial charge in [0.1, 0.15) is 6.09 Å². The van der Waals surface area contributed by atoms with Gasteiger partial charge in [-0.2, -0.15) is 0 Å². The van der Waals surface area contributed by atoms with E-state index in [0.29, 0.717) is 13.2 Å². The Morgan fingerprint density at radius 3 is 3.00 bits per heavy atom. The van der Waals surface area contributed by atoms with Crippen LogP contribution >= 0.6 is 0 Å². The maximum absolute atomic E-state index is 9.65. The fourth-order valence-corrected chi connectivity index (χ4v) is 0.383. The van der Waals surface area contributed by atoms with Crippen LogP contribution in [-0.4, -0.2) is 25.3 Å². The van der Waals surface area contributed by atoms with E-state index in [9.17, 15) is 9.90 Å². The molecule has 1 atom stereocenters. The molecular formula is C4H6NO3-.